The maximum absolute atomic E-state index is 4.27. The fourth-order valence-corrected chi connectivity index (χ4v) is 1.97. The molecule has 0 spiro atoms. The summed E-state index contributed by atoms with van der Waals surface area (Å²) in [7, 11) is 0. The minimum absolute atomic E-state index is 0.987. The zero-order chi connectivity index (χ0) is 9.68. The van der Waals surface area contributed by atoms with Gasteiger partial charge in [0, 0.05) is 5.69 Å². The van der Waals surface area contributed by atoms with Crippen LogP contribution in [0.1, 0.15) is 44.1 Å². The molecule has 0 fully saturated rings. The van der Waals surface area contributed by atoms with Crippen LogP contribution in [-0.2, 0) is 6.42 Å². The zero-order valence-corrected chi connectivity index (χ0v) is 9.95. The highest BCUT2D eigenvalue weighted by Crippen LogP contribution is 2.16. The fourth-order valence-electron chi connectivity index (χ4n) is 1.41. The van der Waals surface area contributed by atoms with E-state index in [9.17, 15) is 0 Å². The molecule has 74 valence electrons. The molecule has 0 saturated heterocycles. The van der Waals surface area contributed by atoms with Crippen molar-refractivity contribution in [3.8, 4) is 0 Å². The third kappa shape index (κ3) is 3.51. The summed E-state index contributed by atoms with van der Waals surface area (Å²) >= 11 is 3.44. The van der Waals surface area contributed by atoms with Gasteiger partial charge in [0.25, 0.3) is 0 Å². The van der Waals surface area contributed by atoms with Crippen molar-refractivity contribution >= 4 is 15.9 Å². The molecule has 3 heteroatoms. The van der Waals surface area contributed by atoms with E-state index < -0.39 is 0 Å². The van der Waals surface area contributed by atoms with Crippen LogP contribution < -0.4 is 0 Å². The lowest BCUT2D eigenvalue weighted by Crippen LogP contribution is -1.87. The Bertz CT molecular complexity index is 255. The molecule has 1 aromatic heterocycles. The number of hydrogen-bond donors (Lipinski definition) is 1. The van der Waals surface area contributed by atoms with E-state index in [4.69, 9.17) is 0 Å². The van der Waals surface area contributed by atoms with Crippen molar-refractivity contribution in [3.63, 3.8) is 0 Å². The van der Waals surface area contributed by atoms with Crippen LogP contribution in [0.25, 0.3) is 0 Å². The average Bonchev–Trinajstić information content (AvgIpc) is 2.39. The molecular formula is C10H17BrN2. The molecule has 1 N–H and O–H groups in total. The van der Waals surface area contributed by atoms with E-state index in [1.165, 1.54) is 31.4 Å². The van der Waals surface area contributed by atoms with Crippen molar-refractivity contribution < 1.29 is 0 Å². The average molecular weight is 245 g/mol. The van der Waals surface area contributed by atoms with Gasteiger partial charge in [0.1, 0.15) is 10.4 Å². The molecule has 13 heavy (non-hydrogen) atoms. The van der Waals surface area contributed by atoms with Gasteiger partial charge >= 0.3 is 0 Å². The number of nitrogens with one attached hydrogen (secondary N) is 1. The van der Waals surface area contributed by atoms with Crippen LogP contribution in [0.4, 0.5) is 0 Å². The van der Waals surface area contributed by atoms with Crippen molar-refractivity contribution in [2.24, 2.45) is 0 Å². The molecule has 0 radical (unpaired) electrons. The second kappa shape index (κ2) is 5.43. The van der Waals surface area contributed by atoms with E-state index >= 15 is 0 Å². The number of aromatic nitrogens is 2. The topological polar surface area (TPSA) is 28.7 Å². The molecule has 0 aromatic carbocycles. The quantitative estimate of drug-likeness (QED) is 0.789. The van der Waals surface area contributed by atoms with Gasteiger partial charge in [-0.25, -0.2) is 4.98 Å². The smallest absolute Gasteiger partial charge is 0.127 e. The third-order valence-electron chi connectivity index (χ3n) is 2.13. The monoisotopic (exact) mass is 244 g/mol. The summed E-state index contributed by atoms with van der Waals surface area (Å²) in [6, 6.07) is 0. The van der Waals surface area contributed by atoms with E-state index in [2.05, 4.69) is 32.8 Å². The van der Waals surface area contributed by atoms with Crippen molar-refractivity contribution in [3.05, 3.63) is 16.1 Å². The van der Waals surface area contributed by atoms with Crippen molar-refractivity contribution in [2.45, 2.75) is 46.0 Å². The number of aryl methyl sites for hydroxylation is 2. The lowest BCUT2D eigenvalue weighted by molar-refractivity contribution is 0.660. The SMILES string of the molecule is CCCCCCc1[nH]c(C)nc1Br. The molecule has 0 unspecified atom stereocenters. The number of unbranched alkanes of at least 4 members (excludes halogenated alkanes) is 3. The predicted molar refractivity (Wildman–Crippen MR) is 58.9 cm³/mol. The van der Waals surface area contributed by atoms with Crippen LogP contribution in [0.5, 0.6) is 0 Å². The summed E-state index contributed by atoms with van der Waals surface area (Å²) in [6.07, 6.45) is 6.32. The summed E-state index contributed by atoms with van der Waals surface area (Å²) in [5.74, 6) is 0.998. The third-order valence-corrected chi connectivity index (χ3v) is 2.78. The summed E-state index contributed by atoms with van der Waals surface area (Å²) < 4.78 is 0.987. The molecular weight excluding hydrogens is 228 g/mol. The van der Waals surface area contributed by atoms with Gasteiger partial charge in [0.05, 0.1) is 0 Å². The van der Waals surface area contributed by atoms with E-state index in [1.807, 2.05) is 6.92 Å². The van der Waals surface area contributed by atoms with Gasteiger partial charge in [-0.15, -0.1) is 0 Å². The van der Waals surface area contributed by atoms with Gasteiger partial charge in [0.2, 0.25) is 0 Å². The van der Waals surface area contributed by atoms with Gasteiger partial charge in [-0.2, -0.15) is 0 Å². The maximum atomic E-state index is 4.27. The lowest BCUT2D eigenvalue weighted by atomic mass is 10.1. The first kappa shape index (κ1) is 10.8. The van der Waals surface area contributed by atoms with Crippen LogP contribution in [0.2, 0.25) is 0 Å². The zero-order valence-electron chi connectivity index (χ0n) is 8.36. The number of H-pyrrole nitrogens is 1. The highest BCUT2D eigenvalue weighted by atomic mass is 79.9. The Labute approximate surface area is 88.3 Å². The summed E-state index contributed by atoms with van der Waals surface area (Å²) in [5.41, 5.74) is 1.24. The highest BCUT2D eigenvalue weighted by Gasteiger charge is 2.03. The van der Waals surface area contributed by atoms with Gasteiger partial charge < -0.3 is 4.98 Å². The molecule has 0 amide bonds. The van der Waals surface area contributed by atoms with Gasteiger partial charge in [0.15, 0.2) is 0 Å². The molecule has 1 heterocycles. The Morgan fingerprint density at radius 3 is 2.62 bits per heavy atom. The summed E-state index contributed by atoms with van der Waals surface area (Å²) in [6.45, 7) is 4.22. The number of rotatable bonds is 5. The second-order valence-corrected chi connectivity index (χ2v) is 4.15. The van der Waals surface area contributed by atoms with Crippen LogP contribution in [0, 0.1) is 6.92 Å². The lowest BCUT2D eigenvalue weighted by Gasteiger charge is -1.97. The molecule has 0 aliphatic carbocycles. The molecule has 0 atom stereocenters. The van der Waals surface area contributed by atoms with E-state index in [0.717, 1.165) is 16.8 Å². The second-order valence-electron chi connectivity index (χ2n) is 3.40. The first-order chi connectivity index (χ1) is 6.24. The fraction of sp³-hybridized carbons (Fsp3) is 0.700. The Morgan fingerprint density at radius 2 is 2.08 bits per heavy atom. The highest BCUT2D eigenvalue weighted by molar-refractivity contribution is 9.10. The van der Waals surface area contributed by atoms with E-state index in [1.54, 1.807) is 0 Å². The first-order valence-electron chi connectivity index (χ1n) is 4.95. The number of aromatic amines is 1. The minimum Gasteiger partial charge on any atom is -0.345 e. The van der Waals surface area contributed by atoms with Crippen molar-refractivity contribution in [2.75, 3.05) is 0 Å². The standard InChI is InChI=1S/C10H17BrN2/c1-3-4-5-6-7-9-10(11)13-8(2)12-9/h3-7H2,1-2H3,(H,12,13). The van der Waals surface area contributed by atoms with Crippen LogP contribution in [-0.4, -0.2) is 9.97 Å². The molecule has 0 saturated carbocycles. The van der Waals surface area contributed by atoms with Gasteiger partial charge in [-0.05, 0) is 35.7 Å². The summed E-state index contributed by atoms with van der Waals surface area (Å²) in [4.78, 5) is 7.53. The largest absolute Gasteiger partial charge is 0.345 e. The number of halogens is 1. The molecule has 1 rings (SSSR count). The number of nitrogens with zero attached hydrogens (tertiary/aromatic N) is 1. The summed E-state index contributed by atoms with van der Waals surface area (Å²) in [5, 5.41) is 0. The first-order valence-corrected chi connectivity index (χ1v) is 5.74. The Kier molecular flexibility index (Phi) is 4.50. The molecule has 0 aliphatic heterocycles. The normalized spacial score (nSPS) is 10.7. The van der Waals surface area contributed by atoms with Crippen LogP contribution >= 0.6 is 15.9 Å². The van der Waals surface area contributed by atoms with Gasteiger partial charge in [-0.1, -0.05) is 26.2 Å². The van der Waals surface area contributed by atoms with E-state index in [0.29, 0.717) is 0 Å². The Balaban J connectivity index is 2.32. The van der Waals surface area contributed by atoms with Gasteiger partial charge in [-0.3, -0.25) is 0 Å². The van der Waals surface area contributed by atoms with E-state index in [-0.39, 0.29) is 0 Å². The predicted octanol–water partition coefficient (Wildman–Crippen LogP) is 3.60. The molecule has 0 aliphatic rings. The maximum Gasteiger partial charge on any atom is 0.127 e. The number of imidazole rings is 1. The molecule has 2 nitrogen and oxygen atoms in total. The van der Waals surface area contributed by atoms with Crippen LogP contribution in [0.15, 0.2) is 4.60 Å². The molecule has 0 bridgehead atoms. The number of hydrogen-bond acceptors (Lipinski definition) is 1. The Morgan fingerprint density at radius 1 is 1.31 bits per heavy atom. The van der Waals surface area contributed by atoms with Crippen molar-refractivity contribution in [1.82, 2.24) is 9.97 Å². The van der Waals surface area contributed by atoms with Crippen molar-refractivity contribution in [1.29, 1.82) is 0 Å². The molecule has 1 aromatic rings. The van der Waals surface area contributed by atoms with Crippen LogP contribution in [0.3, 0.4) is 0 Å². The Hall–Kier alpha value is -0.310. The minimum atomic E-state index is 0.987.